The van der Waals surface area contributed by atoms with E-state index in [1.165, 1.54) is 4.68 Å². The van der Waals surface area contributed by atoms with Gasteiger partial charge in [0, 0.05) is 11.1 Å². The molecule has 8 heteroatoms. The molecule has 0 saturated heterocycles. The van der Waals surface area contributed by atoms with E-state index in [1.807, 2.05) is 50.2 Å². The van der Waals surface area contributed by atoms with Crippen LogP contribution < -0.4 is 11.1 Å². The van der Waals surface area contributed by atoms with Crippen LogP contribution in [0.2, 0.25) is 5.02 Å². The fourth-order valence-corrected chi connectivity index (χ4v) is 3.19. The zero-order chi connectivity index (χ0) is 21.3. The van der Waals surface area contributed by atoms with Gasteiger partial charge >= 0.3 is 0 Å². The first-order valence-corrected chi connectivity index (χ1v) is 10.0. The molecule has 0 unspecified atom stereocenters. The molecule has 4 rings (SSSR count). The summed E-state index contributed by atoms with van der Waals surface area (Å²) >= 11 is 5.95. The van der Waals surface area contributed by atoms with E-state index in [2.05, 4.69) is 20.4 Å². The number of halogens is 1. The Hall–Kier alpha value is -3.45. The van der Waals surface area contributed by atoms with E-state index < -0.39 is 0 Å². The van der Waals surface area contributed by atoms with Gasteiger partial charge in [0.15, 0.2) is 5.65 Å². The van der Waals surface area contributed by atoms with Crippen molar-refractivity contribution in [1.82, 2.24) is 20.0 Å². The maximum Gasteiger partial charge on any atom is 0.257 e. The van der Waals surface area contributed by atoms with Crippen molar-refractivity contribution >= 4 is 51.7 Å². The molecular formula is C22H21ClN6O. The summed E-state index contributed by atoms with van der Waals surface area (Å²) < 4.78 is 1.45. The van der Waals surface area contributed by atoms with Crippen LogP contribution in [0, 0.1) is 0 Å². The number of carbonyl (C=O) groups excluding carboxylic acids is 1. The smallest absolute Gasteiger partial charge is 0.257 e. The summed E-state index contributed by atoms with van der Waals surface area (Å²) in [6.45, 7) is 3.94. The lowest BCUT2D eigenvalue weighted by molar-refractivity contribution is 0.0941. The predicted octanol–water partition coefficient (Wildman–Crippen LogP) is 4.23. The minimum atomic E-state index is -0.295. The summed E-state index contributed by atoms with van der Waals surface area (Å²) in [7, 11) is 0. The van der Waals surface area contributed by atoms with Gasteiger partial charge < -0.3 is 11.1 Å². The average Bonchev–Trinajstić information content (AvgIpc) is 3.01. The number of para-hydroxylation sites is 2. The highest BCUT2D eigenvalue weighted by atomic mass is 35.5. The summed E-state index contributed by atoms with van der Waals surface area (Å²) in [5, 5.41) is 8.08. The third kappa shape index (κ3) is 3.71. The Morgan fingerprint density at radius 3 is 2.53 bits per heavy atom. The molecule has 3 N–H and O–H groups in total. The highest BCUT2D eigenvalue weighted by molar-refractivity contribution is 6.30. The first-order valence-electron chi connectivity index (χ1n) is 9.65. The fourth-order valence-electron chi connectivity index (χ4n) is 3.06. The molecule has 0 spiro atoms. The van der Waals surface area contributed by atoms with Crippen LogP contribution in [-0.2, 0) is 0 Å². The van der Waals surface area contributed by atoms with Crippen LogP contribution in [-0.4, -0.2) is 32.8 Å². The normalized spacial score (nSPS) is 12.6. The van der Waals surface area contributed by atoms with Crippen LogP contribution in [0.1, 0.15) is 36.2 Å². The number of anilines is 1. The van der Waals surface area contributed by atoms with Crippen molar-refractivity contribution in [2.75, 3.05) is 5.73 Å². The predicted molar refractivity (Wildman–Crippen MR) is 121 cm³/mol. The second kappa shape index (κ2) is 8.12. The van der Waals surface area contributed by atoms with Gasteiger partial charge in [0.1, 0.15) is 16.9 Å². The number of hydrogen-bond acceptors (Lipinski definition) is 5. The Labute approximate surface area is 178 Å². The summed E-state index contributed by atoms with van der Waals surface area (Å²) in [5.41, 5.74) is 9.70. The van der Waals surface area contributed by atoms with Gasteiger partial charge in [-0.15, -0.1) is 0 Å². The lowest BCUT2D eigenvalue weighted by atomic mass is 10.2. The van der Waals surface area contributed by atoms with E-state index in [0.717, 1.165) is 12.0 Å². The van der Waals surface area contributed by atoms with Crippen molar-refractivity contribution in [2.24, 2.45) is 5.10 Å². The van der Waals surface area contributed by atoms with Gasteiger partial charge in [-0.2, -0.15) is 9.78 Å². The van der Waals surface area contributed by atoms with Gasteiger partial charge in [-0.3, -0.25) is 4.79 Å². The zero-order valence-corrected chi connectivity index (χ0v) is 17.4. The van der Waals surface area contributed by atoms with Crippen LogP contribution in [0.15, 0.2) is 53.6 Å². The Morgan fingerprint density at radius 1 is 1.20 bits per heavy atom. The van der Waals surface area contributed by atoms with Crippen LogP contribution in [0.25, 0.3) is 22.2 Å². The molecule has 7 nitrogen and oxygen atoms in total. The number of nitrogens with zero attached hydrogens (tertiary/aromatic N) is 4. The quantitative estimate of drug-likeness (QED) is 0.472. The highest BCUT2D eigenvalue weighted by Crippen LogP contribution is 2.28. The van der Waals surface area contributed by atoms with Crippen molar-refractivity contribution in [3.05, 3.63) is 64.7 Å². The largest absolute Gasteiger partial charge is 0.383 e. The molecule has 0 saturated carbocycles. The van der Waals surface area contributed by atoms with Crippen molar-refractivity contribution < 1.29 is 4.79 Å². The van der Waals surface area contributed by atoms with Crippen molar-refractivity contribution in [3.8, 4) is 0 Å². The molecule has 30 heavy (non-hydrogen) atoms. The third-order valence-electron chi connectivity index (χ3n) is 4.88. The van der Waals surface area contributed by atoms with Gasteiger partial charge in [0.25, 0.3) is 5.91 Å². The second-order valence-corrected chi connectivity index (χ2v) is 7.47. The van der Waals surface area contributed by atoms with E-state index in [-0.39, 0.29) is 23.3 Å². The van der Waals surface area contributed by atoms with Crippen molar-refractivity contribution in [3.63, 3.8) is 0 Å². The van der Waals surface area contributed by atoms with E-state index >= 15 is 0 Å². The number of nitrogens with two attached hydrogens (primary N) is 1. The number of fused-ring (bicyclic) bond motifs is 2. The molecule has 1 amide bonds. The van der Waals surface area contributed by atoms with Gasteiger partial charge in [-0.1, -0.05) is 42.8 Å². The van der Waals surface area contributed by atoms with E-state index in [1.54, 1.807) is 18.3 Å². The standard InChI is InChI=1S/C22H21ClN6O/c1-3-13(2)26-22(30)18-19-21(28-17-7-5-4-6-16(17)27-19)29(20(18)24)25-12-14-8-10-15(23)11-9-14/h4-13H,3,24H2,1-2H3,(H,26,30)/b25-12-/t13-/m0/s1. The maximum atomic E-state index is 13.0. The first kappa shape index (κ1) is 19.8. The Kier molecular flexibility index (Phi) is 5.37. The molecule has 1 atom stereocenters. The Morgan fingerprint density at radius 2 is 1.87 bits per heavy atom. The van der Waals surface area contributed by atoms with Crippen molar-refractivity contribution in [2.45, 2.75) is 26.3 Å². The van der Waals surface area contributed by atoms with E-state index in [0.29, 0.717) is 27.2 Å². The first-order chi connectivity index (χ1) is 14.5. The van der Waals surface area contributed by atoms with Crippen LogP contribution in [0.4, 0.5) is 5.82 Å². The van der Waals surface area contributed by atoms with E-state index in [9.17, 15) is 4.79 Å². The number of nitrogen functional groups attached to an aromatic ring is 1. The van der Waals surface area contributed by atoms with Crippen LogP contribution in [0.5, 0.6) is 0 Å². The lowest BCUT2D eigenvalue weighted by Crippen LogP contribution is -2.32. The molecular weight excluding hydrogens is 400 g/mol. The summed E-state index contributed by atoms with van der Waals surface area (Å²) in [4.78, 5) is 22.3. The molecule has 0 bridgehead atoms. The molecule has 2 aromatic heterocycles. The zero-order valence-electron chi connectivity index (χ0n) is 16.6. The second-order valence-electron chi connectivity index (χ2n) is 7.04. The molecule has 0 aliphatic carbocycles. The number of hydrogen-bond donors (Lipinski definition) is 2. The number of carbonyl (C=O) groups is 1. The lowest BCUT2D eigenvalue weighted by Gasteiger charge is -2.11. The fraction of sp³-hybridized carbons (Fsp3) is 0.182. The number of nitrogens with one attached hydrogen (secondary N) is 1. The van der Waals surface area contributed by atoms with Crippen LogP contribution in [0.3, 0.4) is 0 Å². The Bertz CT molecular complexity index is 1260. The summed E-state index contributed by atoms with van der Waals surface area (Å²) in [6.07, 6.45) is 2.44. The monoisotopic (exact) mass is 420 g/mol. The minimum absolute atomic E-state index is 0.00119. The third-order valence-corrected chi connectivity index (χ3v) is 5.14. The molecule has 2 heterocycles. The van der Waals surface area contributed by atoms with E-state index in [4.69, 9.17) is 17.3 Å². The molecule has 0 aliphatic rings. The molecule has 4 aromatic rings. The Balaban J connectivity index is 1.89. The number of benzene rings is 2. The molecule has 0 radical (unpaired) electrons. The van der Waals surface area contributed by atoms with Gasteiger partial charge in [0.05, 0.1) is 17.2 Å². The van der Waals surface area contributed by atoms with Crippen molar-refractivity contribution in [1.29, 1.82) is 0 Å². The number of amides is 1. The molecule has 0 aliphatic heterocycles. The minimum Gasteiger partial charge on any atom is -0.383 e. The highest BCUT2D eigenvalue weighted by Gasteiger charge is 2.24. The number of rotatable bonds is 5. The van der Waals surface area contributed by atoms with Gasteiger partial charge in [-0.25, -0.2) is 9.97 Å². The van der Waals surface area contributed by atoms with Crippen LogP contribution >= 0.6 is 11.6 Å². The molecule has 2 aromatic carbocycles. The van der Waals surface area contributed by atoms with Gasteiger partial charge in [0.2, 0.25) is 0 Å². The molecule has 152 valence electrons. The molecule has 0 fully saturated rings. The SMILES string of the molecule is CC[C@H](C)NC(=O)c1c(N)n(/N=C\c2ccc(Cl)cc2)c2nc3ccccc3nc12. The topological polar surface area (TPSA) is 98.2 Å². The maximum absolute atomic E-state index is 13.0. The number of aromatic nitrogens is 3. The summed E-state index contributed by atoms with van der Waals surface area (Å²) in [6, 6.07) is 14.7. The van der Waals surface area contributed by atoms with Gasteiger partial charge in [-0.05, 0) is 43.2 Å². The average molecular weight is 421 g/mol. The summed E-state index contributed by atoms with van der Waals surface area (Å²) in [5.74, 6) is -0.108.